The molecule has 180 valence electrons. The van der Waals surface area contributed by atoms with Gasteiger partial charge in [-0.05, 0) is 66.8 Å². The zero-order valence-corrected chi connectivity index (χ0v) is 19.9. The minimum Gasteiger partial charge on any atom is -0.478 e. The van der Waals surface area contributed by atoms with Crippen LogP contribution in [0.15, 0.2) is 66.7 Å². The number of hydrogen-bond donors (Lipinski definition) is 3. The van der Waals surface area contributed by atoms with E-state index in [1.165, 1.54) is 6.07 Å². The first kappa shape index (κ1) is 24.0. The number of carbonyl (C=O) groups excluding carboxylic acids is 2. The van der Waals surface area contributed by atoms with Crippen molar-refractivity contribution in [1.82, 2.24) is 5.32 Å². The predicted octanol–water partition coefficient (Wildman–Crippen LogP) is 5.20. The number of carboxylic acids is 1. The zero-order valence-electron chi connectivity index (χ0n) is 19.9. The van der Waals surface area contributed by atoms with Crippen molar-refractivity contribution >= 4 is 23.7 Å². The van der Waals surface area contributed by atoms with Gasteiger partial charge in [0.05, 0.1) is 11.0 Å². The fourth-order valence-corrected chi connectivity index (χ4v) is 4.30. The lowest BCUT2D eigenvalue weighted by Crippen LogP contribution is -2.42. The van der Waals surface area contributed by atoms with Crippen LogP contribution in [0.3, 0.4) is 0 Å². The number of rotatable bonds is 7. The standard InChI is InChI=1S/C28H28N2O5/c1-17-14-18(12-13-19(17)25(31)32)30-26(33)28(2,3)16-29-27(34)35-15-24-22-10-6-4-8-20(22)21-9-5-7-11-23(21)24/h4-14,24H,15-16H2,1-3H3,(H,29,34)(H,30,33)(H,31,32). The first-order valence-electron chi connectivity index (χ1n) is 11.4. The van der Waals surface area contributed by atoms with E-state index >= 15 is 0 Å². The highest BCUT2D eigenvalue weighted by atomic mass is 16.5. The molecule has 7 heteroatoms. The highest BCUT2D eigenvalue weighted by molar-refractivity contribution is 5.96. The third-order valence-electron chi connectivity index (χ3n) is 6.35. The summed E-state index contributed by atoms with van der Waals surface area (Å²) in [7, 11) is 0. The number of alkyl carbamates (subject to hydrolysis) is 1. The Balaban J connectivity index is 1.33. The van der Waals surface area contributed by atoms with Crippen molar-refractivity contribution in [3.63, 3.8) is 0 Å². The summed E-state index contributed by atoms with van der Waals surface area (Å²) in [5.41, 5.74) is 4.86. The minimum atomic E-state index is -1.02. The molecule has 1 aliphatic rings. The molecule has 0 aliphatic heterocycles. The Morgan fingerprint density at radius 1 is 0.943 bits per heavy atom. The Labute approximate surface area is 204 Å². The number of carbonyl (C=O) groups is 3. The number of amides is 2. The summed E-state index contributed by atoms with van der Waals surface area (Å²) in [6, 6.07) is 20.8. The summed E-state index contributed by atoms with van der Waals surface area (Å²) in [6.45, 7) is 5.36. The van der Waals surface area contributed by atoms with Crippen molar-refractivity contribution in [2.75, 3.05) is 18.5 Å². The number of aryl methyl sites for hydroxylation is 1. The Hall–Kier alpha value is -4.13. The highest BCUT2D eigenvalue weighted by Crippen LogP contribution is 2.44. The van der Waals surface area contributed by atoms with Crippen molar-refractivity contribution in [2.45, 2.75) is 26.7 Å². The van der Waals surface area contributed by atoms with E-state index < -0.39 is 17.5 Å². The summed E-state index contributed by atoms with van der Waals surface area (Å²) < 4.78 is 5.55. The molecule has 0 saturated heterocycles. The van der Waals surface area contributed by atoms with Crippen molar-refractivity contribution < 1.29 is 24.2 Å². The molecular formula is C28H28N2O5. The van der Waals surface area contributed by atoms with Crippen molar-refractivity contribution in [2.24, 2.45) is 5.41 Å². The second-order valence-electron chi connectivity index (χ2n) is 9.35. The van der Waals surface area contributed by atoms with Gasteiger partial charge in [0, 0.05) is 18.2 Å². The second-order valence-corrected chi connectivity index (χ2v) is 9.35. The molecule has 0 radical (unpaired) electrons. The largest absolute Gasteiger partial charge is 0.478 e. The molecule has 0 heterocycles. The number of carboxylic acid groups (broad SMARTS) is 1. The van der Waals surface area contributed by atoms with Crippen LogP contribution >= 0.6 is 0 Å². The van der Waals surface area contributed by atoms with Crippen LogP contribution in [0.4, 0.5) is 10.5 Å². The van der Waals surface area contributed by atoms with Gasteiger partial charge in [-0.15, -0.1) is 0 Å². The van der Waals surface area contributed by atoms with Gasteiger partial charge in [0.25, 0.3) is 0 Å². The van der Waals surface area contributed by atoms with Crippen molar-refractivity contribution in [3.05, 3.63) is 89.0 Å². The molecule has 0 atom stereocenters. The van der Waals surface area contributed by atoms with Crippen LogP contribution in [0, 0.1) is 12.3 Å². The first-order valence-corrected chi connectivity index (χ1v) is 11.4. The average Bonchev–Trinajstić information content (AvgIpc) is 3.15. The third kappa shape index (κ3) is 5.04. The van der Waals surface area contributed by atoms with Crippen molar-refractivity contribution in [3.8, 4) is 11.1 Å². The number of nitrogens with one attached hydrogen (secondary N) is 2. The molecule has 3 N–H and O–H groups in total. The number of aromatic carboxylic acids is 1. The van der Waals surface area contributed by atoms with E-state index in [1.54, 1.807) is 32.9 Å². The lowest BCUT2D eigenvalue weighted by atomic mass is 9.92. The number of benzene rings is 3. The van der Waals surface area contributed by atoms with E-state index in [9.17, 15) is 14.4 Å². The number of anilines is 1. The molecule has 4 rings (SSSR count). The van der Waals surface area contributed by atoms with E-state index in [2.05, 4.69) is 34.9 Å². The van der Waals surface area contributed by atoms with Gasteiger partial charge in [-0.25, -0.2) is 9.59 Å². The summed E-state index contributed by atoms with van der Waals surface area (Å²) in [6.07, 6.45) is -0.589. The van der Waals surface area contributed by atoms with Crippen LogP contribution in [0.1, 0.15) is 46.8 Å². The number of ether oxygens (including phenoxy) is 1. The molecule has 7 nitrogen and oxygen atoms in total. The van der Waals surface area contributed by atoms with E-state index in [4.69, 9.17) is 9.84 Å². The number of hydrogen-bond acceptors (Lipinski definition) is 4. The van der Waals surface area contributed by atoms with Crippen LogP contribution in [-0.4, -0.2) is 36.2 Å². The van der Waals surface area contributed by atoms with Gasteiger partial charge in [-0.2, -0.15) is 0 Å². The highest BCUT2D eigenvalue weighted by Gasteiger charge is 2.31. The molecule has 0 fully saturated rings. The van der Waals surface area contributed by atoms with Crippen molar-refractivity contribution in [1.29, 1.82) is 0 Å². The Morgan fingerprint density at radius 2 is 1.54 bits per heavy atom. The van der Waals surface area contributed by atoms with Gasteiger partial charge >= 0.3 is 12.1 Å². The molecule has 0 spiro atoms. The van der Waals surface area contributed by atoms with E-state index in [0.717, 1.165) is 22.3 Å². The molecule has 0 aromatic heterocycles. The minimum absolute atomic E-state index is 0.0403. The molecule has 0 bridgehead atoms. The lowest BCUT2D eigenvalue weighted by molar-refractivity contribution is -0.123. The Kier molecular flexibility index (Phi) is 6.60. The predicted molar refractivity (Wildman–Crippen MR) is 134 cm³/mol. The van der Waals surface area contributed by atoms with E-state index in [1.807, 2.05) is 24.3 Å². The molecule has 0 unspecified atom stereocenters. The molecule has 1 aliphatic carbocycles. The van der Waals surface area contributed by atoms with Gasteiger partial charge in [0.15, 0.2) is 0 Å². The van der Waals surface area contributed by atoms with Crippen LogP contribution in [0.5, 0.6) is 0 Å². The van der Waals surface area contributed by atoms with E-state index in [-0.39, 0.29) is 30.5 Å². The lowest BCUT2D eigenvalue weighted by Gasteiger charge is -2.24. The molecule has 35 heavy (non-hydrogen) atoms. The van der Waals surface area contributed by atoms with Crippen LogP contribution in [-0.2, 0) is 9.53 Å². The van der Waals surface area contributed by atoms with Gasteiger partial charge in [0.2, 0.25) is 5.91 Å². The van der Waals surface area contributed by atoms with Gasteiger partial charge < -0.3 is 20.5 Å². The molecular weight excluding hydrogens is 444 g/mol. The molecule has 3 aromatic carbocycles. The molecule has 3 aromatic rings. The summed E-state index contributed by atoms with van der Waals surface area (Å²) >= 11 is 0. The maximum atomic E-state index is 12.8. The second kappa shape index (κ2) is 9.62. The third-order valence-corrected chi connectivity index (χ3v) is 6.35. The monoisotopic (exact) mass is 472 g/mol. The SMILES string of the molecule is Cc1cc(NC(=O)C(C)(C)CNC(=O)OCC2c3ccccc3-c3ccccc32)ccc1C(=O)O. The van der Waals surface area contributed by atoms with Crippen LogP contribution in [0.25, 0.3) is 11.1 Å². The topological polar surface area (TPSA) is 105 Å². The molecule has 0 saturated carbocycles. The Morgan fingerprint density at radius 3 is 2.11 bits per heavy atom. The zero-order chi connectivity index (χ0) is 25.2. The fourth-order valence-electron chi connectivity index (χ4n) is 4.30. The molecule has 2 amide bonds. The Bertz CT molecular complexity index is 1250. The first-order chi connectivity index (χ1) is 16.7. The fraction of sp³-hybridized carbons (Fsp3) is 0.250. The van der Waals surface area contributed by atoms with Gasteiger partial charge in [-0.1, -0.05) is 48.5 Å². The summed E-state index contributed by atoms with van der Waals surface area (Å²) in [5, 5.41) is 14.6. The van der Waals surface area contributed by atoms with Crippen LogP contribution in [0.2, 0.25) is 0 Å². The number of fused-ring (bicyclic) bond motifs is 3. The maximum absolute atomic E-state index is 12.8. The van der Waals surface area contributed by atoms with Gasteiger partial charge in [0.1, 0.15) is 6.61 Å². The maximum Gasteiger partial charge on any atom is 0.407 e. The summed E-state index contributed by atoms with van der Waals surface area (Å²) in [4.78, 5) is 36.5. The average molecular weight is 473 g/mol. The van der Waals surface area contributed by atoms with E-state index in [0.29, 0.717) is 11.3 Å². The normalized spacial score (nSPS) is 12.4. The van der Waals surface area contributed by atoms with Gasteiger partial charge in [-0.3, -0.25) is 4.79 Å². The smallest absolute Gasteiger partial charge is 0.407 e. The summed E-state index contributed by atoms with van der Waals surface area (Å²) in [5.74, 6) is -1.37. The van der Waals surface area contributed by atoms with Crippen LogP contribution < -0.4 is 10.6 Å². The quantitative estimate of drug-likeness (QED) is 0.439.